The van der Waals surface area contributed by atoms with Crippen molar-refractivity contribution in [2.45, 2.75) is 38.6 Å². The molecule has 0 saturated carbocycles. The van der Waals surface area contributed by atoms with Crippen LogP contribution in [-0.2, 0) is 24.2 Å². The van der Waals surface area contributed by atoms with Gasteiger partial charge in [0.2, 0.25) is 5.91 Å². The summed E-state index contributed by atoms with van der Waals surface area (Å²) in [5.41, 5.74) is 3.59. The van der Waals surface area contributed by atoms with E-state index in [9.17, 15) is 9.59 Å². The van der Waals surface area contributed by atoms with Crippen molar-refractivity contribution in [2.24, 2.45) is 0 Å². The van der Waals surface area contributed by atoms with Crippen LogP contribution in [0.1, 0.15) is 35.3 Å². The average molecular weight is 406 g/mol. The highest BCUT2D eigenvalue weighted by Gasteiger charge is 2.22. The van der Waals surface area contributed by atoms with Crippen LogP contribution in [0.2, 0.25) is 0 Å². The van der Waals surface area contributed by atoms with Crippen LogP contribution in [0.5, 0.6) is 0 Å². The normalized spacial score (nSPS) is 16.6. The number of aryl methyl sites for hydroxylation is 2. The van der Waals surface area contributed by atoms with Gasteiger partial charge in [0.15, 0.2) is 0 Å². The maximum absolute atomic E-state index is 13.1. The largest absolute Gasteiger partial charge is 0.337 e. The number of carbonyl (C=O) groups excluding carboxylic acids is 1. The number of hydrogen-bond acceptors (Lipinski definition) is 4. The van der Waals surface area contributed by atoms with Crippen molar-refractivity contribution in [2.75, 3.05) is 13.1 Å². The quantitative estimate of drug-likeness (QED) is 0.668. The summed E-state index contributed by atoms with van der Waals surface area (Å²) in [6.45, 7) is 1.32. The monoisotopic (exact) mass is 405 g/mol. The molecule has 2 aromatic heterocycles. The molecule has 0 radical (unpaired) electrons. The van der Waals surface area contributed by atoms with E-state index in [4.69, 9.17) is 0 Å². The summed E-state index contributed by atoms with van der Waals surface area (Å²) in [5.74, 6) is -0.0271. The van der Waals surface area contributed by atoms with Gasteiger partial charge in [-0.25, -0.2) is 4.98 Å². The first kappa shape index (κ1) is 18.3. The number of aromatic nitrogens is 2. The van der Waals surface area contributed by atoms with Gasteiger partial charge in [0.05, 0.1) is 11.7 Å². The fraction of sp³-hybridized carbons (Fsp3) is 0.348. The van der Waals surface area contributed by atoms with Gasteiger partial charge in [-0.05, 0) is 48.8 Å². The van der Waals surface area contributed by atoms with E-state index in [0.717, 1.165) is 35.9 Å². The fourth-order valence-corrected chi connectivity index (χ4v) is 5.57. The van der Waals surface area contributed by atoms with Gasteiger partial charge in [-0.1, -0.05) is 36.4 Å². The first-order valence-corrected chi connectivity index (χ1v) is 11.0. The minimum absolute atomic E-state index is 0.0271. The van der Waals surface area contributed by atoms with Crippen molar-refractivity contribution < 1.29 is 4.79 Å². The van der Waals surface area contributed by atoms with Crippen LogP contribution in [0.15, 0.2) is 47.5 Å². The molecule has 0 saturated heterocycles. The van der Waals surface area contributed by atoms with E-state index in [-0.39, 0.29) is 18.0 Å². The number of nitrogens with zero attached hydrogens (tertiary/aromatic N) is 3. The third kappa shape index (κ3) is 3.42. The Morgan fingerprint density at radius 2 is 1.93 bits per heavy atom. The van der Waals surface area contributed by atoms with Crippen LogP contribution in [0.4, 0.5) is 0 Å². The molecular formula is C23H23N3O2S. The predicted octanol–water partition coefficient (Wildman–Crippen LogP) is 3.65. The van der Waals surface area contributed by atoms with E-state index >= 15 is 0 Å². The van der Waals surface area contributed by atoms with E-state index in [1.54, 1.807) is 17.7 Å². The summed E-state index contributed by atoms with van der Waals surface area (Å²) in [7, 11) is 0. The Hall–Kier alpha value is -2.73. The molecule has 2 aliphatic rings. The van der Waals surface area contributed by atoms with Crippen molar-refractivity contribution in [1.29, 1.82) is 0 Å². The lowest BCUT2D eigenvalue weighted by Crippen LogP contribution is -2.39. The smallest absolute Gasteiger partial charge is 0.262 e. The molecule has 5 rings (SSSR count). The van der Waals surface area contributed by atoms with E-state index in [0.29, 0.717) is 13.1 Å². The zero-order valence-electron chi connectivity index (χ0n) is 16.3. The SMILES string of the molecule is O=C(Cn1cnc2sc3c(c2c1=O)CCCC3)N1CC=C(c2ccccc2)CC1. The zero-order chi connectivity index (χ0) is 19.8. The van der Waals surface area contributed by atoms with Crippen LogP contribution < -0.4 is 5.56 Å². The maximum Gasteiger partial charge on any atom is 0.262 e. The van der Waals surface area contributed by atoms with Gasteiger partial charge in [-0.3, -0.25) is 14.2 Å². The number of fused-ring (bicyclic) bond motifs is 3. The topological polar surface area (TPSA) is 55.2 Å². The minimum atomic E-state index is -0.0692. The Morgan fingerprint density at radius 3 is 2.72 bits per heavy atom. The van der Waals surface area contributed by atoms with Gasteiger partial charge in [0.1, 0.15) is 11.4 Å². The predicted molar refractivity (Wildman–Crippen MR) is 116 cm³/mol. The second-order valence-electron chi connectivity index (χ2n) is 7.75. The van der Waals surface area contributed by atoms with Crippen LogP contribution in [0.25, 0.3) is 15.8 Å². The molecule has 5 nitrogen and oxygen atoms in total. The summed E-state index contributed by atoms with van der Waals surface area (Å²) in [6, 6.07) is 10.3. The molecule has 148 valence electrons. The highest BCUT2D eigenvalue weighted by molar-refractivity contribution is 7.18. The van der Waals surface area contributed by atoms with Gasteiger partial charge in [0, 0.05) is 18.0 Å². The van der Waals surface area contributed by atoms with Gasteiger partial charge < -0.3 is 4.90 Å². The molecule has 3 heterocycles. The minimum Gasteiger partial charge on any atom is -0.337 e. The number of thiophene rings is 1. The van der Waals surface area contributed by atoms with Gasteiger partial charge in [-0.2, -0.15) is 0 Å². The van der Waals surface area contributed by atoms with Crippen molar-refractivity contribution >= 4 is 33.0 Å². The number of carbonyl (C=O) groups is 1. The van der Waals surface area contributed by atoms with E-state index < -0.39 is 0 Å². The average Bonchev–Trinajstić information content (AvgIpc) is 3.16. The van der Waals surface area contributed by atoms with Crippen LogP contribution in [0.3, 0.4) is 0 Å². The molecule has 0 bridgehead atoms. The lowest BCUT2D eigenvalue weighted by Gasteiger charge is -2.27. The number of amides is 1. The Bertz CT molecular complexity index is 1160. The van der Waals surface area contributed by atoms with Crippen molar-refractivity contribution in [3.63, 3.8) is 0 Å². The molecule has 1 aromatic carbocycles. The second-order valence-corrected chi connectivity index (χ2v) is 8.84. The summed E-state index contributed by atoms with van der Waals surface area (Å²) in [4.78, 5) is 34.3. The first-order chi connectivity index (χ1) is 14.2. The molecule has 0 fully saturated rings. The molecule has 6 heteroatoms. The molecule has 0 spiro atoms. The highest BCUT2D eigenvalue weighted by Crippen LogP contribution is 2.33. The van der Waals surface area contributed by atoms with E-state index in [1.807, 2.05) is 23.1 Å². The molecule has 1 amide bonds. The standard InChI is InChI=1S/C23H23N3O2S/c27-20(25-12-10-17(11-13-25)16-6-2-1-3-7-16)14-26-15-24-22-21(23(26)28)18-8-4-5-9-19(18)29-22/h1-3,6-7,10,15H,4-5,8-9,11-14H2. The molecule has 0 N–H and O–H groups in total. The molecule has 3 aromatic rings. The highest BCUT2D eigenvalue weighted by atomic mass is 32.1. The fourth-order valence-electron chi connectivity index (χ4n) is 4.35. The molecule has 1 aliphatic carbocycles. The Labute approximate surface area is 173 Å². The Kier molecular flexibility index (Phi) is 4.79. The van der Waals surface area contributed by atoms with Crippen LogP contribution in [-0.4, -0.2) is 33.4 Å². The Morgan fingerprint density at radius 1 is 1.10 bits per heavy atom. The third-order valence-corrected chi connectivity index (χ3v) is 7.15. The van der Waals surface area contributed by atoms with Gasteiger partial charge in [0.25, 0.3) is 5.56 Å². The van der Waals surface area contributed by atoms with Gasteiger partial charge >= 0.3 is 0 Å². The number of benzene rings is 1. The number of rotatable bonds is 3. The summed E-state index contributed by atoms with van der Waals surface area (Å²) < 4.78 is 1.49. The third-order valence-electron chi connectivity index (χ3n) is 5.95. The maximum atomic E-state index is 13.1. The van der Waals surface area contributed by atoms with E-state index in [2.05, 4.69) is 23.2 Å². The molecule has 29 heavy (non-hydrogen) atoms. The summed E-state index contributed by atoms with van der Waals surface area (Å²) >= 11 is 1.64. The van der Waals surface area contributed by atoms with Crippen LogP contribution in [0, 0.1) is 0 Å². The summed E-state index contributed by atoms with van der Waals surface area (Å²) in [5, 5.41) is 0.741. The lowest BCUT2D eigenvalue weighted by atomic mass is 9.97. The molecule has 0 atom stereocenters. The number of hydrogen-bond donors (Lipinski definition) is 0. The van der Waals surface area contributed by atoms with E-state index in [1.165, 1.54) is 32.6 Å². The lowest BCUT2D eigenvalue weighted by molar-refractivity contribution is -0.131. The molecular weight excluding hydrogens is 382 g/mol. The Balaban J connectivity index is 1.35. The van der Waals surface area contributed by atoms with Crippen LogP contribution >= 0.6 is 11.3 Å². The van der Waals surface area contributed by atoms with Crippen molar-refractivity contribution in [3.05, 3.63) is 69.1 Å². The van der Waals surface area contributed by atoms with Crippen molar-refractivity contribution in [3.8, 4) is 0 Å². The first-order valence-electron chi connectivity index (χ1n) is 10.2. The second kappa shape index (κ2) is 7.59. The molecule has 0 unspecified atom stereocenters. The van der Waals surface area contributed by atoms with Gasteiger partial charge in [-0.15, -0.1) is 11.3 Å². The zero-order valence-corrected chi connectivity index (χ0v) is 17.1. The summed E-state index contributed by atoms with van der Waals surface area (Å²) in [6.07, 6.45) is 8.79. The molecule has 1 aliphatic heterocycles. The van der Waals surface area contributed by atoms with Crippen molar-refractivity contribution in [1.82, 2.24) is 14.5 Å².